The molecule has 0 fully saturated rings. The van der Waals surface area contributed by atoms with Crippen LogP contribution in [0.25, 0.3) is 22.9 Å². The van der Waals surface area contributed by atoms with Crippen LogP contribution in [0.3, 0.4) is 0 Å². The number of phenols is 1. The zero-order valence-corrected chi connectivity index (χ0v) is 33.5. The van der Waals surface area contributed by atoms with Gasteiger partial charge in [-0.2, -0.15) is 0 Å². The van der Waals surface area contributed by atoms with Gasteiger partial charge in [0.2, 0.25) is 0 Å². The van der Waals surface area contributed by atoms with E-state index in [0.717, 1.165) is 28.4 Å². The van der Waals surface area contributed by atoms with E-state index in [2.05, 4.69) is 148 Å². The van der Waals surface area contributed by atoms with E-state index < -0.39 is 28.7 Å². The van der Waals surface area contributed by atoms with Crippen LogP contribution >= 0.6 is 0 Å². The first-order chi connectivity index (χ1) is 24.8. The third-order valence-electron chi connectivity index (χ3n) is 10.2. The van der Waals surface area contributed by atoms with Crippen molar-refractivity contribution in [3.63, 3.8) is 0 Å². The van der Waals surface area contributed by atoms with E-state index in [0.29, 0.717) is 5.56 Å². The second-order valence-electron chi connectivity index (χ2n) is 13.9. The maximum absolute atomic E-state index is 10.2. The number of phenolic OH excluding ortho intramolecular Hbond substituents is 1. The number of rotatable bonds is 8. The number of aromatic hydroxyl groups is 1. The molecule has 2 aliphatic rings. The quantitative estimate of drug-likeness (QED) is 0.156. The molecule has 248 valence electrons. The summed E-state index contributed by atoms with van der Waals surface area (Å²) in [5, 5.41) is 22.3. The van der Waals surface area contributed by atoms with Gasteiger partial charge >= 0.3 is 312 Å². The fraction of sp³-hybridized carbons (Fsp3) is 0.133. The van der Waals surface area contributed by atoms with Crippen molar-refractivity contribution in [1.82, 2.24) is 0 Å². The van der Waals surface area contributed by atoms with E-state index in [1.807, 2.05) is 24.3 Å². The third kappa shape index (κ3) is 6.09. The van der Waals surface area contributed by atoms with Crippen LogP contribution in [0.4, 0.5) is 28.4 Å². The van der Waals surface area contributed by atoms with E-state index in [1.54, 1.807) is 12.1 Å². The Hall–Kier alpha value is -4.96. The monoisotopic (exact) mass is 785 g/mol. The molecular weight excluding hydrogens is 744 g/mol. The summed E-state index contributed by atoms with van der Waals surface area (Å²) in [6.07, 6.45) is 9.34. The normalized spacial score (nSPS) is 15.7. The molecule has 4 nitrogen and oxygen atoms in total. The first kappa shape index (κ1) is 33.2. The van der Waals surface area contributed by atoms with Crippen molar-refractivity contribution < 1.29 is 5.11 Å². The molecule has 0 bridgehead atoms. The Kier molecular flexibility index (Phi) is 8.87. The molecule has 0 heterocycles. The van der Waals surface area contributed by atoms with Gasteiger partial charge in [-0.1, -0.05) is 0 Å². The first-order valence-corrected chi connectivity index (χ1v) is 28.0. The van der Waals surface area contributed by atoms with Crippen LogP contribution in [-0.2, 0) is 0 Å². The van der Waals surface area contributed by atoms with Gasteiger partial charge in [0, 0.05) is 0 Å². The molecule has 6 aromatic rings. The summed E-state index contributed by atoms with van der Waals surface area (Å²) in [5.74, 6) is 9.94. The number of benzene rings is 6. The number of hydrogen-bond acceptors (Lipinski definition) is 4. The Balaban J connectivity index is 1.30. The molecule has 1 N–H and O–H groups in total. The molecule has 2 atom stereocenters. The maximum atomic E-state index is 10.2. The standard InChI is InChI=1S/C45H39Ge2N3O/c1-46(2)33-14-18-36(19-15-33)49(37-20-22-39(51)23-21-37)42-26-12-31-11-25-41-43(27-13-32-10-24-40(42)44(31)45(32)41)50(35-16-8-30(29-48)9-17-35)38-7-5-6-34(28-38)47(3)4/h5-28,40,42,51H,1-4H3. The Morgan fingerprint density at radius 2 is 1.27 bits per heavy atom. The Morgan fingerprint density at radius 3 is 1.96 bits per heavy atom. The fourth-order valence-corrected chi connectivity index (χ4v) is 11.2. The van der Waals surface area contributed by atoms with E-state index in [4.69, 9.17) is 0 Å². The molecule has 8 rings (SSSR count). The van der Waals surface area contributed by atoms with E-state index in [-0.39, 0.29) is 17.7 Å². The number of nitriles is 1. The minimum atomic E-state index is -1.34. The van der Waals surface area contributed by atoms with Gasteiger partial charge in [-0.05, 0) is 0 Å². The molecule has 2 radical (unpaired) electrons. The summed E-state index contributed by atoms with van der Waals surface area (Å²) < 4.78 is 2.92. The van der Waals surface area contributed by atoms with Crippen molar-refractivity contribution in [2.75, 3.05) is 9.80 Å². The Labute approximate surface area is 309 Å². The molecule has 0 saturated heterocycles. The summed E-state index contributed by atoms with van der Waals surface area (Å²) in [6.45, 7) is 0. The predicted molar refractivity (Wildman–Crippen MR) is 219 cm³/mol. The van der Waals surface area contributed by atoms with Gasteiger partial charge < -0.3 is 0 Å². The molecule has 0 saturated carbocycles. The number of nitrogens with zero attached hydrogens (tertiary/aromatic N) is 3. The van der Waals surface area contributed by atoms with E-state index >= 15 is 0 Å². The summed E-state index contributed by atoms with van der Waals surface area (Å²) in [6, 6.07) is 45.2. The molecule has 6 heteroatoms. The van der Waals surface area contributed by atoms with Gasteiger partial charge in [0.25, 0.3) is 0 Å². The van der Waals surface area contributed by atoms with Gasteiger partial charge in [0.15, 0.2) is 0 Å². The van der Waals surface area contributed by atoms with Crippen molar-refractivity contribution in [1.29, 1.82) is 5.26 Å². The first-order valence-electron chi connectivity index (χ1n) is 17.5. The van der Waals surface area contributed by atoms with Crippen molar-refractivity contribution in [2.24, 2.45) is 0 Å². The molecule has 0 aromatic heterocycles. The minimum absolute atomic E-state index is 0.0218. The van der Waals surface area contributed by atoms with Crippen molar-refractivity contribution in [3.8, 4) is 11.8 Å². The van der Waals surface area contributed by atoms with E-state index in [9.17, 15) is 10.4 Å². The van der Waals surface area contributed by atoms with Crippen molar-refractivity contribution in [3.05, 3.63) is 156 Å². The molecule has 2 unspecified atom stereocenters. The van der Waals surface area contributed by atoms with Crippen molar-refractivity contribution >= 4 is 88.9 Å². The van der Waals surface area contributed by atoms with Crippen LogP contribution < -0.4 is 18.6 Å². The van der Waals surface area contributed by atoms with Crippen LogP contribution in [0.2, 0.25) is 23.0 Å². The van der Waals surface area contributed by atoms with Gasteiger partial charge in [-0.15, -0.1) is 0 Å². The second-order valence-corrected chi connectivity index (χ2v) is 24.7. The van der Waals surface area contributed by atoms with Gasteiger partial charge in [0.1, 0.15) is 0 Å². The molecule has 51 heavy (non-hydrogen) atoms. The molecule has 2 aliphatic carbocycles. The fourth-order valence-electron chi connectivity index (χ4n) is 7.63. The molecule has 0 spiro atoms. The van der Waals surface area contributed by atoms with Gasteiger partial charge in [-0.25, -0.2) is 0 Å². The van der Waals surface area contributed by atoms with Crippen LogP contribution in [0, 0.1) is 11.3 Å². The van der Waals surface area contributed by atoms with E-state index in [1.165, 1.54) is 36.3 Å². The van der Waals surface area contributed by atoms with Crippen LogP contribution in [-0.4, -0.2) is 39.8 Å². The van der Waals surface area contributed by atoms with Crippen LogP contribution in [0.5, 0.6) is 5.75 Å². The average Bonchev–Trinajstić information content (AvgIpc) is 3.16. The Morgan fingerprint density at radius 1 is 0.627 bits per heavy atom. The Bertz CT molecular complexity index is 2350. The zero-order chi connectivity index (χ0) is 35.2. The average molecular weight is 783 g/mol. The summed E-state index contributed by atoms with van der Waals surface area (Å²) in [5.41, 5.74) is 9.94. The predicted octanol–water partition coefficient (Wildman–Crippen LogP) is 10.2. The molecule has 0 aliphatic heterocycles. The summed E-state index contributed by atoms with van der Waals surface area (Å²) in [7, 11) is 0. The summed E-state index contributed by atoms with van der Waals surface area (Å²) in [4.78, 5) is 4.80. The van der Waals surface area contributed by atoms with Crippen molar-refractivity contribution in [2.45, 2.75) is 35.0 Å². The van der Waals surface area contributed by atoms with Gasteiger partial charge in [-0.3, -0.25) is 0 Å². The summed E-state index contributed by atoms with van der Waals surface area (Å²) >= 11 is -2.57. The second kappa shape index (κ2) is 13.6. The van der Waals surface area contributed by atoms with Crippen LogP contribution in [0.1, 0.15) is 28.2 Å². The SMILES string of the molecule is [CH3][Ge]([CH3])[c]1ccc(N(c2ccc(O)cc2)C2C=Cc3ccc4c(N(c5ccc(C#N)cc5)c5ccc[c]([Ge]([CH3])[CH3])c5)ccc5c4c3C2C=C5)cc1. The molecular formula is C45H39Ge2N3O. The third-order valence-corrected chi connectivity index (χ3v) is 16.4. The zero-order valence-electron chi connectivity index (χ0n) is 29.3. The number of anilines is 5. The number of hydrogen-bond donors (Lipinski definition) is 1. The van der Waals surface area contributed by atoms with Crippen LogP contribution in [0.15, 0.2) is 133 Å². The molecule has 0 amide bonds. The molecule has 6 aromatic carbocycles. The topological polar surface area (TPSA) is 50.5 Å². The van der Waals surface area contributed by atoms with Gasteiger partial charge in [0.05, 0.1) is 0 Å².